The zero-order valence-electron chi connectivity index (χ0n) is 10.6. The van der Waals surface area contributed by atoms with Crippen molar-refractivity contribution in [2.75, 3.05) is 4.72 Å². The minimum atomic E-state index is -3.80. The summed E-state index contributed by atoms with van der Waals surface area (Å²) in [6.07, 6.45) is 5.76. The van der Waals surface area contributed by atoms with Gasteiger partial charge in [-0.2, -0.15) is 0 Å². The summed E-state index contributed by atoms with van der Waals surface area (Å²) >= 11 is 5.70. The van der Waals surface area contributed by atoms with Crippen LogP contribution in [0.5, 0.6) is 0 Å². The number of pyridine rings is 1. The summed E-state index contributed by atoms with van der Waals surface area (Å²) in [7, 11) is -3.80. The van der Waals surface area contributed by atoms with Gasteiger partial charge in [-0.3, -0.25) is 14.7 Å². The van der Waals surface area contributed by atoms with E-state index in [1.54, 1.807) is 30.6 Å². The second-order valence-electron chi connectivity index (χ2n) is 4.19. The van der Waals surface area contributed by atoms with Crippen molar-refractivity contribution in [1.29, 1.82) is 0 Å². The molecule has 0 aliphatic carbocycles. The maximum atomic E-state index is 12.5. The van der Waals surface area contributed by atoms with Crippen molar-refractivity contribution in [3.8, 4) is 0 Å². The maximum Gasteiger partial charge on any atom is 0.263 e. The summed E-state index contributed by atoms with van der Waals surface area (Å²) in [4.78, 5) is 11.8. The van der Waals surface area contributed by atoms with Crippen LogP contribution in [0.4, 0.5) is 5.82 Å². The number of halogens is 1. The van der Waals surface area contributed by atoms with Crippen LogP contribution >= 0.6 is 11.6 Å². The van der Waals surface area contributed by atoms with E-state index in [4.69, 9.17) is 11.6 Å². The lowest BCUT2D eigenvalue weighted by Gasteiger charge is -2.09. The monoisotopic (exact) mass is 320 g/mol. The van der Waals surface area contributed by atoms with E-state index in [0.29, 0.717) is 5.39 Å². The summed E-state index contributed by atoms with van der Waals surface area (Å²) in [6, 6.07) is 6.61. The lowest BCUT2D eigenvalue weighted by atomic mass is 10.2. The smallest absolute Gasteiger partial charge is 0.263 e. The molecule has 0 atom stereocenters. The highest BCUT2D eigenvalue weighted by atomic mass is 35.5. The summed E-state index contributed by atoms with van der Waals surface area (Å²) in [5.41, 5.74) is 0. The number of rotatable bonds is 3. The number of benzene rings is 1. The molecule has 0 amide bonds. The van der Waals surface area contributed by atoms with Gasteiger partial charge in [0.25, 0.3) is 10.0 Å². The van der Waals surface area contributed by atoms with Gasteiger partial charge in [0.1, 0.15) is 5.15 Å². The second-order valence-corrected chi connectivity index (χ2v) is 6.22. The summed E-state index contributed by atoms with van der Waals surface area (Å²) in [5.74, 6) is 0.0635. The Hall–Kier alpha value is -2.25. The van der Waals surface area contributed by atoms with Gasteiger partial charge in [-0.1, -0.05) is 23.7 Å². The van der Waals surface area contributed by atoms with Gasteiger partial charge in [0, 0.05) is 23.2 Å². The molecule has 0 saturated carbocycles. The number of sulfonamides is 1. The Morgan fingerprint density at radius 1 is 1.05 bits per heavy atom. The minimum Gasteiger partial charge on any atom is -0.264 e. The van der Waals surface area contributed by atoms with Gasteiger partial charge in [-0.15, -0.1) is 0 Å². The number of fused-ring (bicyclic) bond motifs is 1. The van der Waals surface area contributed by atoms with Crippen molar-refractivity contribution in [2.24, 2.45) is 0 Å². The van der Waals surface area contributed by atoms with Crippen LogP contribution in [0.1, 0.15) is 0 Å². The largest absolute Gasteiger partial charge is 0.264 e. The molecule has 0 spiro atoms. The zero-order chi connectivity index (χ0) is 14.9. The van der Waals surface area contributed by atoms with Crippen molar-refractivity contribution in [3.05, 3.63) is 54.2 Å². The quantitative estimate of drug-likeness (QED) is 0.801. The molecule has 106 valence electrons. The number of hydrogen-bond acceptors (Lipinski definition) is 5. The van der Waals surface area contributed by atoms with Gasteiger partial charge < -0.3 is 0 Å². The van der Waals surface area contributed by atoms with Crippen molar-refractivity contribution in [2.45, 2.75) is 4.90 Å². The van der Waals surface area contributed by atoms with E-state index in [2.05, 4.69) is 19.7 Å². The van der Waals surface area contributed by atoms with Gasteiger partial charge in [-0.25, -0.2) is 13.4 Å². The molecule has 0 saturated heterocycles. The van der Waals surface area contributed by atoms with Crippen LogP contribution < -0.4 is 4.72 Å². The molecule has 0 bridgehead atoms. The molecule has 6 nitrogen and oxygen atoms in total. The van der Waals surface area contributed by atoms with E-state index < -0.39 is 10.0 Å². The molecule has 3 rings (SSSR count). The van der Waals surface area contributed by atoms with E-state index in [-0.39, 0.29) is 15.9 Å². The fraction of sp³-hybridized carbons (Fsp3) is 0. The maximum absolute atomic E-state index is 12.5. The minimum absolute atomic E-state index is 0.0635. The van der Waals surface area contributed by atoms with E-state index >= 15 is 0 Å². The van der Waals surface area contributed by atoms with Gasteiger partial charge in [0.15, 0.2) is 5.82 Å². The highest BCUT2D eigenvalue weighted by Crippen LogP contribution is 2.23. The Morgan fingerprint density at radius 2 is 1.90 bits per heavy atom. The molecule has 0 fully saturated rings. The molecular formula is C13H9ClN4O2S. The topological polar surface area (TPSA) is 84.8 Å². The van der Waals surface area contributed by atoms with Gasteiger partial charge >= 0.3 is 0 Å². The van der Waals surface area contributed by atoms with Crippen LogP contribution in [0.25, 0.3) is 10.8 Å². The normalized spacial score (nSPS) is 11.5. The average molecular weight is 321 g/mol. The van der Waals surface area contributed by atoms with Gasteiger partial charge in [0.05, 0.1) is 17.3 Å². The molecule has 1 N–H and O–H groups in total. The fourth-order valence-electron chi connectivity index (χ4n) is 1.91. The first-order valence-corrected chi connectivity index (χ1v) is 7.75. The van der Waals surface area contributed by atoms with Crippen LogP contribution in [0.15, 0.2) is 53.9 Å². The van der Waals surface area contributed by atoms with Crippen molar-refractivity contribution >= 4 is 38.2 Å². The molecule has 3 aromatic rings. The Labute approximate surface area is 125 Å². The molecule has 1 aromatic carbocycles. The predicted octanol–water partition coefficient (Wildman–Crippen LogP) is 2.48. The highest BCUT2D eigenvalue weighted by molar-refractivity contribution is 7.93. The third kappa shape index (κ3) is 2.79. The number of anilines is 1. The molecule has 21 heavy (non-hydrogen) atoms. The summed E-state index contributed by atoms with van der Waals surface area (Å²) in [6.45, 7) is 0. The first-order chi connectivity index (χ1) is 10.1. The van der Waals surface area contributed by atoms with Gasteiger partial charge in [-0.05, 0) is 12.1 Å². The first-order valence-electron chi connectivity index (χ1n) is 5.89. The van der Waals surface area contributed by atoms with E-state index in [1.165, 1.54) is 18.5 Å². The van der Waals surface area contributed by atoms with Crippen LogP contribution in [0, 0.1) is 0 Å². The molecule has 8 heteroatoms. The number of nitrogens with one attached hydrogen (secondary N) is 1. The molecule has 2 aromatic heterocycles. The lowest BCUT2D eigenvalue weighted by Crippen LogP contribution is -2.14. The second kappa shape index (κ2) is 5.27. The molecule has 0 radical (unpaired) electrons. The van der Waals surface area contributed by atoms with Crippen LogP contribution in [-0.4, -0.2) is 23.4 Å². The Bertz CT molecular complexity index is 909. The molecular weight excluding hydrogens is 312 g/mol. The SMILES string of the molecule is O=S(=O)(Nc1cncc(Cl)n1)c1cccc2cnccc12. The van der Waals surface area contributed by atoms with Crippen molar-refractivity contribution in [3.63, 3.8) is 0 Å². The Balaban J connectivity index is 2.09. The van der Waals surface area contributed by atoms with Crippen molar-refractivity contribution in [1.82, 2.24) is 15.0 Å². The highest BCUT2D eigenvalue weighted by Gasteiger charge is 2.18. The Kier molecular flexibility index (Phi) is 3.44. The number of hydrogen-bond donors (Lipinski definition) is 1. The van der Waals surface area contributed by atoms with Gasteiger partial charge in [0.2, 0.25) is 0 Å². The first kappa shape index (κ1) is 13.7. The molecule has 2 heterocycles. The third-order valence-electron chi connectivity index (χ3n) is 2.77. The number of aromatic nitrogens is 3. The molecule has 0 aliphatic heterocycles. The van der Waals surface area contributed by atoms with E-state index in [0.717, 1.165) is 5.39 Å². The van der Waals surface area contributed by atoms with E-state index in [1.807, 2.05) is 0 Å². The lowest BCUT2D eigenvalue weighted by molar-refractivity contribution is 0.602. The number of nitrogens with zero attached hydrogens (tertiary/aromatic N) is 3. The molecule has 0 unspecified atom stereocenters. The van der Waals surface area contributed by atoms with Crippen molar-refractivity contribution < 1.29 is 8.42 Å². The average Bonchev–Trinajstić information content (AvgIpc) is 2.46. The standard InChI is InChI=1S/C13H9ClN4O2S/c14-12-7-16-8-13(17-12)18-21(19,20)11-3-1-2-9-6-15-5-4-10(9)11/h1-8H,(H,17,18). The zero-order valence-corrected chi connectivity index (χ0v) is 12.1. The summed E-state index contributed by atoms with van der Waals surface area (Å²) < 4.78 is 27.3. The Morgan fingerprint density at radius 3 is 2.71 bits per heavy atom. The van der Waals surface area contributed by atoms with Crippen LogP contribution in [-0.2, 0) is 10.0 Å². The van der Waals surface area contributed by atoms with Crippen LogP contribution in [0.2, 0.25) is 5.15 Å². The predicted molar refractivity (Wildman–Crippen MR) is 79.6 cm³/mol. The van der Waals surface area contributed by atoms with E-state index in [9.17, 15) is 8.42 Å². The molecule has 0 aliphatic rings. The van der Waals surface area contributed by atoms with Crippen LogP contribution in [0.3, 0.4) is 0 Å². The summed E-state index contributed by atoms with van der Waals surface area (Å²) in [5, 5.41) is 1.42. The fourth-order valence-corrected chi connectivity index (χ4v) is 3.28. The third-order valence-corrected chi connectivity index (χ3v) is 4.37.